The van der Waals surface area contributed by atoms with Crippen LogP contribution < -0.4 is 26.6 Å². The molecule has 1 saturated carbocycles. The number of ketones is 1. The molecule has 2 unspecified atom stereocenters. The maximum absolute atomic E-state index is 13.9. The lowest BCUT2D eigenvalue weighted by Crippen LogP contribution is -2.60. The minimum Gasteiger partial charge on any atom is -0.346 e. The van der Waals surface area contributed by atoms with Gasteiger partial charge in [0, 0.05) is 18.9 Å². The van der Waals surface area contributed by atoms with Crippen LogP contribution in [0.1, 0.15) is 103 Å². The Kier molecular flexibility index (Phi) is 16.7. The van der Waals surface area contributed by atoms with Crippen LogP contribution in [0.5, 0.6) is 0 Å². The number of rotatable bonds is 19. The summed E-state index contributed by atoms with van der Waals surface area (Å²) in [6.45, 7) is 12.9. The van der Waals surface area contributed by atoms with E-state index in [4.69, 9.17) is 0 Å². The molecule has 0 spiro atoms. The molecule has 5 amide bonds. The molecule has 0 saturated heterocycles. The van der Waals surface area contributed by atoms with E-state index in [1.165, 1.54) is 24.7 Å². The van der Waals surface area contributed by atoms with Crippen molar-refractivity contribution in [2.24, 2.45) is 17.8 Å². The molecular weight excluding hydrogens is 602 g/mol. The first kappa shape index (κ1) is 39.0. The highest BCUT2D eigenvalue weighted by Gasteiger charge is 2.35. The highest BCUT2D eigenvalue weighted by molar-refractivity contribution is 6.38. The SMILES string of the molecule is C=CCNC(=O)C(=O)C(CC)NC(=O)[C@H](CC1CCCCC1)NC(=O)[C@@H](NC(=O)[C@H](CC(C)C)NC(=O)c1cnccn1)C(C)CC. The molecule has 47 heavy (non-hydrogen) atoms. The average Bonchev–Trinajstić information content (AvgIpc) is 3.07. The van der Waals surface area contributed by atoms with Gasteiger partial charge in [-0.3, -0.25) is 33.8 Å². The Labute approximate surface area is 278 Å². The number of nitrogens with one attached hydrogen (secondary N) is 5. The van der Waals surface area contributed by atoms with Gasteiger partial charge in [0.2, 0.25) is 23.5 Å². The van der Waals surface area contributed by atoms with E-state index in [2.05, 4.69) is 43.1 Å². The van der Waals surface area contributed by atoms with Crippen LogP contribution in [0.15, 0.2) is 31.2 Å². The lowest BCUT2D eigenvalue weighted by molar-refractivity contribution is -0.140. The summed E-state index contributed by atoms with van der Waals surface area (Å²) in [6, 6.07) is -4.02. The Hall–Kier alpha value is -4.16. The Bertz CT molecular complexity index is 1220. The van der Waals surface area contributed by atoms with E-state index in [9.17, 15) is 28.8 Å². The van der Waals surface area contributed by atoms with Crippen LogP contribution in [0.25, 0.3) is 0 Å². The summed E-state index contributed by atoms with van der Waals surface area (Å²) < 4.78 is 0. The molecule has 5 N–H and O–H groups in total. The number of hydrogen-bond acceptors (Lipinski definition) is 8. The van der Waals surface area contributed by atoms with Crippen molar-refractivity contribution in [3.8, 4) is 0 Å². The summed E-state index contributed by atoms with van der Waals surface area (Å²) in [5, 5.41) is 13.5. The lowest BCUT2D eigenvalue weighted by Gasteiger charge is -2.31. The maximum atomic E-state index is 13.9. The van der Waals surface area contributed by atoms with E-state index in [-0.39, 0.29) is 36.4 Å². The molecule has 5 atom stereocenters. The van der Waals surface area contributed by atoms with Crippen molar-refractivity contribution in [2.75, 3.05) is 6.54 Å². The molecule has 0 aromatic carbocycles. The van der Waals surface area contributed by atoms with E-state index >= 15 is 0 Å². The van der Waals surface area contributed by atoms with E-state index in [1.807, 2.05) is 27.7 Å². The topological polar surface area (TPSA) is 188 Å². The second-order valence-electron chi connectivity index (χ2n) is 12.8. The van der Waals surface area contributed by atoms with Gasteiger partial charge in [0.05, 0.1) is 12.2 Å². The smallest absolute Gasteiger partial charge is 0.289 e. The van der Waals surface area contributed by atoms with Crippen molar-refractivity contribution >= 4 is 35.3 Å². The largest absolute Gasteiger partial charge is 0.346 e. The van der Waals surface area contributed by atoms with Gasteiger partial charge in [0.25, 0.3) is 11.8 Å². The fourth-order valence-corrected chi connectivity index (χ4v) is 5.59. The summed E-state index contributed by atoms with van der Waals surface area (Å²) in [4.78, 5) is 87.0. The summed E-state index contributed by atoms with van der Waals surface area (Å²) in [6.07, 6.45) is 11.9. The second kappa shape index (κ2) is 20.2. The van der Waals surface area contributed by atoms with Gasteiger partial charge in [-0.25, -0.2) is 4.98 Å². The van der Waals surface area contributed by atoms with Gasteiger partial charge in [0.1, 0.15) is 23.8 Å². The molecule has 1 heterocycles. The average molecular weight is 656 g/mol. The zero-order valence-corrected chi connectivity index (χ0v) is 28.5. The first-order valence-electron chi connectivity index (χ1n) is 16.8. The first-order chi connectivity index (χ1) is 22.4. The van der Waals surface area contributed by atoms with E-state index < -0.39 is 59.5 Å². The number of carbonyl (C=O) groups is 6. The van der Waals surface area contributed by atoms with Crippen LogP contribution in [0.2, 0.25) is 0 Å². The minimum atomic E-state index is -1.07. The molecule has 0 bridgehead atoms. The van der Waals surface area contributed by atoms with E-state index in [1.54, 1.807) is 6.92 Å². The standard InChI is InChI=1S/C34H53N7O6/c1-7-15-37-34(47)29(42)24(9-3)38-30(43)26(19-23-13-11-10-12-14-23)40-33(46)28(22(6)8-2)41-31(44)25(18-21(4)5)39-32(45)27-20-35-16-17-36-27/h7,16-17,20-26,28H,1,8-15,18-19H2,2-6H3,(H,37,47)(H,38,43)(H,39,45)(H,40,46)(H,41,44)/t22?,24?,25-,26-,28-/m0/s1. The predicted octanol–water partition coefficient (Wildman–Crippen LogP) is 2.37. The van der Waals surface area contributed by atoms with Crippen molar-refractivity contribution in [1.29, 1.82) is 0 Å². The zero-order valence-electron chi connectivity index (χ0n) is 28.5. The third-order valence-corrected chi connectivity index (χ3v) is 8.52. The monoisotopic (exact) mass is 655 g/mol. The third kappa shape index (κ3) is 12.9. The minimum absolute atomic E-state index is 0.0421. The Balaban J connectivity index is 2.27. The molecule has 1 aliphatic carbocycles. The Morgan fingerprint density at radius 1 is 0.851 bits per heavy atom. The molecule has 260 valence electrons. The number of aromatic nitrogens is 2. The predicted molar refractivity (Wildman–Crippen MR) is 178 cm³/mol. The number of amides is 5. The molecular formula is C34H53N7O6. The quantitative estimate of drug-likeness (QED) is 0.111. The van der Waals surface area contributed by atoms with Gasteiger partial charge in [-0.2, -0.15) is 0 Å². The van der Waals surface area contributed by atoms with Crippen molar-refractivity contribution in [2.45, 2.75) is 117 Å². The van der Waals surface area contributed by atoms with E-state index in [0.29, 0.717) is 19.3 Å². The third-order valence-electron chi connectivity index (χ3n) is 8.52. The highest BCUT2D eigenvalue weighted by atomic mass is 16.2. The van der Waals surface area contributed by atoms with Gasteiger partial charge in [-0.1, -0.05) is 79.2 Å². The Morgan fingerprint density at radius 2 is 1.51 bits per heavy atom. The highest BCUT2D eigenvalue weighted by Crippen LogP contribution is 2.27. The van der Waals surface area contributed by atoms with Gasteiger partial charge < -0.3 is 26.6 Å². The fourth-order valence-electron chi connectivity index (χ4n) is 5.59. The van der Waals surface area contributed by atoms with Crippen LogP contribution >= 0.6 is 0 Å². The van der Waals surface area contributed by atoms with Crippen molar-refractivity contribution in [1.82, 2.24) is 36.6 Å². The van der Waals surface area contributed by atoms with Gasteiger partial charge in [-0.05, 0) is 37.0 Å². The maximum Gasteiger partial charge on any atom is 0.289 e. The molecule has 0 aliphatic heterocycles. The van der Waals surface area contributed by atoms with Crippen LogP contribution in [0.3, 0.4) is 0 Å². The van der Waals surface area contributed by atoms with Crippen molar-refractivity contribution < 1.29 is 28.8 Å². The normalized spacial score (nSPS) is 16.5. The molecule has 13 nitrogen and oxygen atoms in total. The molecule has 0 radical (unpaired) electrons. The van der Waals surface area contributed by atoms with Crippen LogP contribution in [0.4, 0.5) is 0 Å². The van der Waals surface area contributed by atoms with Crippen molar-refractivity contribution in [3.05, 3.63) is 36.9 Å². The van der Waals surface area contributed by atoms with Crippen LogP contribution in [0, 0.1) is 17.8 Å². The number of hydrogen-bond donors (Lipinski definition) is 5. The van der Waals surface area contributed by atoms with Gasteiger partial charge in [-0.15, -0.1) is 6.58 Å². The van der Waals surface area contributed by atoms with Gasteiger partial charge in [0.15, 0.2) is 0 Å². The van der Waals surface area contributed by atoms with Gasteiger partial charge >= 0.3 is 0 Å². The summed E-state index contributed by atoms with van der Waals surface area (Å²) in [7, 11) is 0. The molecule has 2 rings (SSSR count). The second-order valence-corrected chi connectivity index (χ2v) is 12.8. The summed E-state index contributed by atoms with van der Waals surface area (Å²) in [5.41, 5.74) is 0.0592. The lowest BCUT2D eigenvalue weighted by atomic mass is 9.84. The zero-order chi connectivity index (χ0) is 34.9. The number of Topliss-reactive ketones (excluding diaryl/α,β-unsaturated/α-hetero) is 1. The molecule has 1 aromatic heterocycles. The van der Waals surface area contributed by atoms with E-state index in [0.717, 1.165) is 32.1 Å². The van der Waals surface area contributed by atoms with Crippen LogP contribution in [-0.4, -0.2) is 76.0 Å². The first-order valence-corrected chi connectivity index (χ1v) is 16.8. The summed E-state index contributed by atoms with van der Waals surface area (Å²) >= 11 is 0. The Morgan fingerprint density at radius 3 is 2.09 bits per heavy atom. The molecule has 1 aromatic rings. The summed E-state index contributed by atoms with van der Waals surface area (Å²) in [5.74, 6) is -3.90. The number of carbonyl (C=O) groups excluding carboxylic acids is 6. The fraction of sp³-hybridized carbons (Fsp3) is 0.647. The molecule has 1 fully saturated rings. The van der Waals surface area contributed by atoms with Crippen molar-refractivity contribution in [3.63, 3.8) is 0 Å². The van der Waals surface area contributed by atoms with Crippen LogP contribution in [-0.2, 0) is 24.0 Å². The molecule has 13 heteroatoms. The molecule has 1 aliphatic rings. The number of nitrogens with zero attached hydrogens (tertiary/aromatic N) is 2.